The average molecular weight is 497 g/mol. The first-order valence-electron chi connectivity index (χ1n) is 10.8. The number of rotatable bonds is 5. The van der Waals surface area contributed by atoms with E-state index in [1.807, 2.05) is 20.8 Å². The summed E-state index contributed by atoms with van der Waals surface area (Å²) in [4.78, 5) is 27.9. The monoisotopic (exact) mass is 496 g/mol. The fourth-order valence-corrected chi connectivity index (χ4v) is 4.04. The van der Waals surface area contributed by atoms with Crippen LogP contribution in [0.1, 0.15) is 43.7 Å². The van der Waals surface area contributed by atoms with E-state index in [4.69, 9.17) is 25.6 Å². The van der Waals surface area contributed by atoms with Gasteiger partial charge in [-0.05, 0) is 42.5 Å². The maximum atomic E-state index is 13.4. The van der Waals surface area contributed by atoms with Gasteiger partial charge in [-0.2, -0.15) is 0 Å². The van der Waals surface area contributed by atoms with Crippen LogP contribution in [0.15, 0.2) is 58.6 Å². The molecule has 9 heteroatoms. The molecule has 2 heterocycles. The molecule has 0 spiro atoms. The highest BCUT2D eigenvalue weighted by Gasteiger charge is 2.49. The van der Waals surface area contributed by atoms with E-state index in [2.05, 4.69) is 5.16 Å². The van der Waals surface area contributed by atoms with Gasteiger partial charge in [0, 0.05) is 27.6 Å². The molecule has 0 radical (unpaired) electrons. The molecule has 1 amide bonds. The van der Waals surface area contributed by atoms with Crippen LogP contribution in [0.25, 0.3) is 5.76 Å². The Labute approximate surface area is 207 Å². The Morgan fingerprint density at radius 2 is 1.74 bits per heavy atom. The number of aromatic nitrogens is 1. The smallest absolute Gasteiger partial charge is 0.301 e. The predicted molar refractivity (Wildman–Crippen MR) is 131 cm³/mol. The molecule has 0 bridgehead atoms. The molecule has 0 aliphatic carbocycles. The Morgan fingerprint density at radius 1 is 1.06 bits per heavy atom. The van der Waals surface area contributed by atoms with Crippen LogP contribution in [0.3, 0.4) is 0 Å². The van der Waals surface area contributed by atoms with Gasteiger partial charge in [-0.15, -0.1) is 0 Å². The maximum absolute atomic E-state index is 13.4. The lowest BCUT2D eigenvalue weighted by molar-refractivity contribution is -0.132. The molecule has 8 nitrogen and oxygen atoms in total. The summed E-state index contributed by atoms with van der Waals surface area (Å²) >= 11 is 5.99. The molecular weight excluding hydrogens is 472 g/mol. The van der Waals surface area contributed by atoms with Crippen molar-refractivity contribution >= 4 is 34.9 Å². The molecule has 182 valence electrons. The summed E-state index contributed by atoms with van der Waals surface area (Å²) in [6.07, 6.45) is 0. The largest absolute Gasteiger partial charge is 0.507 e. The van der Waals surface area contributed by atoms with Crippen LogP contribution in [0.4, 0.5) is 5.82 Å². The number of nitrogens with zero attached hydrogens (tertiary/aromatic N) is 2. The second-order valence-corrected chi connectivity index (χ2v) is 9.52. The molecule has 1 saturated heterocycles. The first-order chi connectivity index (χ1) is 16.6. The van der Waals surface area contributed by atoms with Gasteiger partial charge >= 0.3 is 5.91 Å². The highest BCUT2D eigenvalue weighted by atomic mass is 35.5. The third-order valence-electron chi connectivity index (χ3n) is 5.78. The van der Waals surface area contributed by atoms with Crippen LogP contribution in [-0.4, -0.2) is 36.2 Å². The van der Waals surface area contributed by atoms with Crippen LogP contribution in [0.5, 0.6) is 11.5 Å². The first-order valence-corrected chi connectivity index (χ1v) is 11.2. The lowest BCUT2D eigenvalue weighted by Gasteiger charge is -2.25. The lowest BCUT2D eigenvalue weighted by Crippen LogP contribution is -2.30. The Hall–Kier alpha value is -3.78. The average Bonchev–Trinajstić information content (AvgIpc) is 3.42. The van der Waals surface area contributed by atoms with Crippen LogP contribution in [0, 0.1) is 0 Å². The second kappa shape index (κ2) is 9.11. The van der Waals surface area contributed by atoms with Crippen LogP contribution >= 0.6 is 11.6 Å². The van der Waals surface area contributed by atoms with Gasteiger partial charge in [0.1, 0.15) is 29.1 Å². The van der Waals surface area contributed by atoms with Gasteiger partial charge in [-0.3, -0.25) is 14.5 Å². The molecule has 35 heavy (non-hydrogen) atoms. The van der Waals surface area contributed by atoms with E-state index in [1.165, 1.54) is 19.1 Å². The van der Waals surface area contributed by atoms with Crippen LogP contribution in [0.2, 0.25) is 5.02 Å². The van der Waals surface area contributed by atoms with Crippen molar-refractivity contribution < 1.29 is 28.7 Å². The van der Waals surface area contributed by atoms with E-state index in [9.17, 15) is 14.7 Å². The van der Waals surface area contributed by atoms with Crippen molar-refractivity contribution in [2.24, 2.45) is 0 Å². The van der Waals surface area contributed by atoms with Gasteiger partial charge in [-0.1, -0.05) is 37.5 Å². The van der Waals surface area contributed by atoms with Crippen molar-refractivity contribution in [2.45, 2.75) is 32.2 Å². The van der Waals surface area contributed by atoms with Gasteiger partial charge in [0.25, 0.3) is 5.78 Å². The summed E-state index contributed by atoms with van der Waals surface area (Å²) in [5.41, 5.74) is 0.256. The van der Waals surface area contributed by atoms with Crippen molar-refractivity contribution in [1.29, 1.82) is 0 Å². The topological polar surface area (TPSA) is 102 Å². The zero-order valence-corrected chi connectivity index (χ0v) is 20.7. The number of hydrogen-bond acceptors (Lipinski definition) is 7. The zero-order chi connectivity index (χ0) is 25.5. The van der Waals surface area contributed by atoms with Gasteiger partial charge < -0.3 is 19.1 Å². The number of carbonyl (C=O) groups is 2. The van der Waals surface area contributed by atoms with Crippen molar-refractivity contribution in [3.05, 3.63) is 76.0 Å². The quantitative estimate of drug-likeness (QED) is 0.291. The number of Topliss-reactive ketones (excluding diaryl/α,β-unsaturated/α-hetero) is 1. The Bertz CT molecular complexity index is 1320. The van der Waals surface area contributed by atoms with Gasteiger partial charge in [0.15, 0.2) is 5.82 Å². The summed E-state index contributed by atoms with van der Waals surface area (Å²) in [5.74, 6) is -0.531. The number of benzene rings is 2. The van der Waals surface area contributed by atoms with Crippen LogP contribution < -0.4 is 14.4 Å². The number of aliphatic hydroxyl groups excluding tert-OH is 1. The van der Waals surface area contributed by atoms with Gasteiger partial charge in [-0.25, -0.2) is 0 Å². The molecule has 1 aliphatic rings. The lowest BCUT2D eigenvalue weighted by atomic mass is 9.93. The Balaban J connectivity index is 1.99. The van der Waals surface area contributed by atoms with Crippen molar-refractivity contribution in [1.82, 2.24) is 5.16 Å². The molecule has 1 atom stereocenters. The molecule has 1 fully saturated rings. The van der Waals surface area contributed by atoms with E-state index in [1.54, 1.807) is 48.5 Å². The molecule has 1 aliphatic heterocycles. The minimum atomic E-state index is -1.06. The molecular formula is C26H25ClN2O6. The summed E-state index contributed by atoms with van der Waals surface area (Å²) in [6, 6.07) is 11.9. The second-order valence-electron chi connectivity index (χ2n) is 9.08. The molecule has 1 N–H and O–H groups in total. The normalized spacial score (nSPS) is 17.7. The summed E-state index contributed by atoms with van der Waals surface area (Å²) < 4.78 is 16.4. The fraction of sp³-hybridized carbons (Fsp3) is 0.269. The Kier molecular flexibility index (Phi) is 6.34. The standard InChI is InChI=1S/C26H25ClN2O6/c1-26(2,3)19-13-20(28-35-19)29-22(17-12-16(33-4)10-11-18(17)34-5)21(24(31)25(29)32)23(30)14-6-8-15(27)9-7-14/h6-13,22,30H,1-5H3/b23-21+. The van der Waals surface area contributed by atoms with Gasteiger partial charge in [0.05, 0.1) is 19.8 Å². The number of carbonyl (C=O) groups excluding carboxylic acids is 2. The number of methoxy groups -OCH3 is 2. The number of halogens is 1. The molecule has 3 aromatic rings. The number of amides is 1. The number of ketones is 1. The number of hydrogen-bond donors (Lipinski definition) is 1. The van der Waals surface area contributed by atoms with Crippen LogP contribution in [-0.2, 0) is 15.0 Å². The maximum Gasteiger partial charge on any atom is 0.301 e. The third-order valence-corrected chi connectivity index (χ3v) is 6.03. The summed E-state index contributed by atoms with van der Waals surface area (Å²) in [5, 5.41) is 15.8. The number of aliphatic hydroxyl groups is 1. The molecule has 2 aromatic carbocycles. The predicted octanol–water partition coefficient (Wildman–Crippen LogP) is 5.27. The minimum Gasteiger partial charge on any atom is -0.507 e. The van der Waals surface area contributed by atoms with Crippen molar-refractivity contribution in [3.63, 3.8) is 0 Å². The van der Waals surface area contributed by atoms with E-state index in [0.29, 0.717) is 33.4 Å². The molecule has 0 saturated carbocycles. The van der Waals surface area contributed by atoms with Crippen molar-refractivity contribution in [3.8, 4) is 11.5 Å². The highest BCUT2D eigenvalue weighted by molar-refractivity contribution is 6.51. The first kappa shape index (κ1) is 24.3. The number of ether oxygens (including phenoxy) is 2. The van der Waals surface area contributed by atoms with Gasteiger partial charge in [0.2, 0.25) is 0 Å². The number of anilines is 1. The zero-order valence-electron chi connectivity index (χ0n) is 20.0. The third kappa shape index (κ3) is 4.37. The van der Waals surface area contributed by atoms with E-state index < -0.39 is 17.7 Å². The SMILES string of the molecule is COc1ccc(OC)c(C2/C(=C(\O)c3ccc(Cl)cc3)C(=O)C(=O)N2c2cc(C(C)(C)C)on2)c1. The van der Waals surface area contributed by atoms with E-state index >= 15 is 0 Å². The molecule has 1 unspecified atom stereocenters. The van der Waals surface area contributed by atoms with E-state index in [-0.39, 0.29) is 22.6 Å². The Morgan fingerprint density at radius 3 is 2.31 bits per heavy atom. The minimum absolute atomic E-state index is 0.121. The van der Waals surface area contributed by atoms with E-state index in [0.717, 1.165) is 0 Å². The summed E-state index contributed by atoms with van der Waals surface area (Å²) in [6.45, 7) is 5.82. The summed E-state index contributed by atoms with van der Waals surface area (Å²) in [7, 11) is 2.98. The molecule has 1 aromatic heterocycles. The highest BCUT2D eigenvalue weighted by Crippen LogP contribution is 2.46. The molecule has 4 rings (SSSR count). The fourth-order valence-electron chi connectivity index (χ4n) is 3.91. The van der Waals surface area contributed by atoms with Crippen molar-refractivity contribution in [2.75, 3.05) is 19.1 Å².